The number of aryl methyl sites for hydroxylation is 2. The zero-order valence-corrected chi connectivity index (χ0v) is 26.5. The lowest BCUT2D eigenvalue weighted by molar-refractivity contribution is -0.134. The van der Waals surface area contributed by atoms with Crippen molar-refractivity contribution in [3.8, 4) is 11.5 Å². The molecule has 3 atom stereocenters. The predicted octanol–water partition coefficient (Wildman–Crippen LogP) is 3.41. The van der Waals surface area contributed by atoms with E-state index in [2.05, 4.69) is 15.8 Å². The monoisotopic (exact) mass is 629 g/mol. The quantitative estimate of drug-likeness (QED) is 0.322. The van der Waals surface area contributed by atoms with E-state index in [0.717, 1.165) is 0 Å². The number of likely N-dealkylation sites (N-methyl/N-ethyl adjacent to an activating group) is 1. The summed E-state index contributed by atoms with van der Waals surface area (Å²) in [4.78, 5) is 27.8. The van der Waals surface area contributed by atoms with Gasteiger partial charge in [-0.15, -0.1) is 0 Å². The second kappa shape index (κ2) is 13.7. The van der Waals surface area contributed by atoms with E-state index in [-0.39, 0.29) is 54.3 Å². The molecule has 3 amide bonds. The normalized spacial score (nSPS) is 18.0. The molecule has 0 aliphatic carbocycles. The number of urea groups is 1. The molecule has 3 aromatic rings. The highest BCUT2D eigenvalue weighted by Gasteiger charge is 2.35. The molecule has 4 rings (SSSR count). The summed E-state index contributed by atoms with van der Waals surface area (Å²) in [5.41, 5.74) is 1.75. The third kappa shape index (κ3) is 7.31. The number of fused-ring (bicyclic) bond motifs is 1. The highest BCUT2D eigenvalue weighted by atomic mass is 32.2. The van der Waals surface area contributed by atoms with E-state index >= 15 is 0 Å². The second-order valence-electron chi connectivity index (χ2n) is 11.0. The minimum Gasteiger partial charge on any atom is -0.497 e. The van der Waals surface area contributed by atoms with Crippen molar-refractivity contribution in [1.82, 2.24) is 14.4 Å². The number of carbonyl (C=O) groups is 2. The predicted molar refractivity (Wildman–Crippen MR) is 163 cm³/mol. The summed E-state index contributed by atoms with van der Waals surface area (Å²) >= 11 is 0. The average Bonchev–Trinajstić information content (AvgIpc) is 3.35. The van der Waals surface area contributed by atoms with Gasteiger partial charge in [-0.1, -0.05) is 12.1 Å². The minimum atomic E-state index is -3.97. The summed E-state index contributed by atoms with van der Waals surface area (Å²) in [6, 6.07) is 10.8. The number of ether oxygens (including phenoxy) is 2. The molecule has 2 heterocycles. The Balaban J connectivity index is 1.61. The van der Waals surface area contributed by atoms with E-state index in [9.17, 15) is 23.1 Å². The Kier molecular flexibility index (Phi) is 10.2. The molecule has 0 saturated carbocycles. The molecular weight excluding hydrogens is 590 g/mol. The van der Waals surface area contributed by atoms with Crippen molar-refractivity contribution in [1.29, 1.82) is 0 Å². The van der Waals surface area contributed by atoms with Gasteiger partial charge >= 0.3 is 6.03 Å². The SMILES string of the molecule is COc1ccc(NC(=O)Nc2ccc3c(c2)CC(=O)N([C@H](C)CO)C[C@@H](C)[C@@H](CN(C)S(=O)(=O)c2c(C)noc2C)O3)cc1. The first kappa shape index (κ1) is 32.8. The van der Waals surface area contributed by atoms with E-state index < -0.39 is 28.2 Å². The lowest BCUT2D eigenvalue weighted by atomic mass is 10.0. The molecule has 1 aromatic heterocycles. The zero-order valence-electron chi connectivity index (χ0n) is 25.7. The highest BCUT2D eigenvalue weighted by Crippen LogP contribution is 2.30. The minimum absolute atomic E-state index is 0.00506. The van der Waals surface area contributed by atoms with Gasteiger partial charge in [-0.25, -0.2) is 13.2 Å². The molecule has 0 bridgehead atoms. The van der Waals surface area contributed by atoms with E-state index in [4.69, 9.17) is 14.0 Å². The fraction of sp³-hybridized carbons (Fsp3) is 0.433. The van der Waals surface area contributed by atoms with Crippen LogP contribution in [0, 0.1) is 19.8 Å². The average molecular weight is 630 g/mol. The number of hydrogen-bond donors (Lipinski definition) is 3. The molecule has 3 N–H and O–H groups in total. The van der Waals surface area contributed by atoms with Gasteiger partial charge in [-0.2, -0.15) is 4.31 Å². The first-order chi connectivity index (χ1) is 20.8. The molecule has 14 heteroatoms. The number of benzene rings is 2. The van der Waals surface area contributed by atoms with Crippen LogP contribution in [0.3, 0.4) is 0 Å². The van der Waals surface area contributed by atoms with Crippen LogP contribution in [0.15, 0.2) is 51.9 Å². The smallest absolute Gasteiger partial charge is 0.323 e. The third-order valence-electron chi connectivity index (χ3n) is 7.60. The Labute approximate surface area is 257 Å². The lowest BCUT2D eigenvalue weighted by Gasteiger charge is -2.33. The maximum Gasteiger partial charge on any atom is 0.323 e. The molecule has 0 fully saturated rings. The number of amides is 3. The second-order valence-corrected chi connectivity index (χ2v) is 12.9. The number of anilines is 2. The van der Waals surface area contributed by atoms with Gasteiger partial charge < -0.3 is 34.6 Å². The van der Waals surface area contributed by atoms with Crippen LogP contribution in [-0.2, 0) is 21.2 Å². The standard InChI is InChI=1S/C30H39N5O8S/c1-18-15-35(19(2)17-36)28(37)14-22-13-24(32-30(38)31-23-7-10-25(41-6)11-8-23)9-12-26(22)42-27(18)16-34(5)44(39,40)29-20(3)33-43-21(29)4/h7-13,18-19,27,36H,14-17H2,1-6H3,(H2,31,32,38)/t18-,19-,27-/m1/s1. The first-order valence-electron chi connectivity index (χ1n) is 14.1. The highest BCUT2D eigenvalue weighted by molar-refractivity contribution is 7.89. The van der Waals surface area contributed by atoms with Gasteiger partial charge in [0.1, 0.15) is 28.2 Å². The lowest BCUT2D eigenvalue weighted by Crippen LogP contribution is -2.48. The van der Waals surface area contributed by atoms with Crippen LogP contribution in [0.2, 0.25) is 0 Å². The van der Waals surface area contributed by atoms with Gasteiger partial charge in [0, 0.05) is 36.4 Å². The third-order valence-corrected chi connectivity index (χ3v) is 9.66. The number of methoxy groups -OCH3 is 1. The number of carbonyl (C=O) groups excluding carboxylic acids is 2. The number of hydrogen-bond acceptors (Lipinski definition) is 9. The van der Waals surface area contributed by atoms with E-state index in [1.165, 1.54) is 11.4 Å². The van der Waals surface area contributed by atoms with Crippen LogP contribution in [0.5, 0.6) is 11.5 Å². The van der Waals surface area contributed by atoms with Crippen LogP contribution in [-0.4, -0.2) is 85.8 Å². The largest absolute Gasteiger partial charge is 0.497 e. The van der Waals surface area contributed by atoms with E-state index in [1.54, 1.807) is 75.2 Å². The topological polar surface area (TPSA) is 164 Å². The molecule has 13 nitrogen and oxygen atoms in total. The molecule has 44 heavy (non-hydrogen) atoms. The number of aliphatic hydroxyl groups is 1. The van der Waals surface area contributed by atoms with Crippen molar-refractivity contribution in [2.24, 2.45) is 5.92 Å². The number of aliphatic hydroxyl groups excluding tert-OH is 1. The number of aromatic nitrogens is 1. The molecular formula is C30H39N5O8S. The van der Waals surface area contributed by atoms with Crippen LogP contribution in [0.4, 0.5) is 16.2 Å². The number of nitrogens with zero attached hydrogens (tertiary/aromatic N) is 3. The van der Waals surface area contributed by atoms with Crippen molar-refractivity contribution < 1.29 is 37.1 Å². The van der Waals surface area contributed by atoms with Gasteiger partial charge in [0.25, 0.3) is 0 Å². The van der Waals surface area contributed by atoms with Crippen LogP contribution in [0.25, 0.3) is 0 Å². The Morgan fingerprint density at radius 1 is 1.18 bits per heavy atom. The van der Waals surface area contributed by atoms with Crippen LogP contribution >= 0.6 is 0 Å². The summed E-state index contributed by atoms with van der Waals surface area (Å²) < 4.78 is 44.8. The molecule has 0 radical (unpaired) electrons. The number of nitrogens with one attached hydrogen (secondary N) is 2. The van der Waals surface area contributed by atoms with Crippen molar-refractivity contribution in [2.75, 3.05) is 44.5 Å². The van der Waals surface area contributed by atoms with Crippen molar-refractivity contribution >= 4 is 33.3 Å². The first-order valence-corrected chi connectivity index (χ1v) is 15.6. The summed E-state index contributed by atoms with van der Waals surface area (Å²) in [6.07, 6.45) is -0.729. The summed E-state index contributed by atoms with van der Waals surface area (Å²) in [6.45, 7) is 6.67. The Hall–Kier alpha value is -4.14. The van der Waals surface area contributed by atoms with Gasteiger partial charge in [0.05, 0.1) is 32.7 Å². The Morgan fingerprint density at radius 3 is 2.45 bits per heavy atom. The Bertz CT molecular complexity index is 1570. The van der Waals surface area contributed by atoms with E-state index in [0.29, 0.717) is 28.4 Å². The molecule has 1 aliphatic rings. The fourth-order valence-electron chi connectivity index (χ4n) is 5.04. The van der Waals surface area contributed by atoms with Crippen LogP contribution in [0.1, 0.15) is 30.9 Å². The van der Waals surface area contributed by atoms with Gasteiger partial charge in [0.2, 0.25) is 15.9 Å². The molecule has 0 unspecified atom stereocenters. The van der Waals surface area contributed by atoms with Crippen molar-refractivity contribution in [3.63, 3.8) is 0 Å². The Morgan fingerprint density at radius 2 is 1.84 bits per heavy atom. The van der Waals surface area contributed by atoms with Crippen molar-refractivity contribution in [3.05, 3.63) is 59.5 Å². The maximum atomic E-state index is 13.5. The molecule has 0 spiro atoms. The molecule has 2 aromatic carbocycles. The van der Waals surface area contributed by atoms with Gasteiger partial charge in [0.15, 0.2) is 5.76 Å². The fourth-order valence-corrected chi connectivity index (χ4v) is 6.51. The summed E-state index contributed by atoms with van der Waals surface area (Å²) in [7, 11) is -0.956. The van der Waals surface area contributed by atoms with Gasteiger partial charge in [-0.05, 0) is 63.2 Å². The molecule has 238 valence electrons. The van der Waals surface area contributed by atoms with Crippen molar-refractivity contribution in [2.45, 2.75) is 51.2 Å². The number of rotatable bonds is 9. The summed E-state index contributed by atoms with van der Waals surface area (Å²) in [5, 5.41) is 19.2. The van der Waals surface area contributed by atoms with E-state index in [1.807, 2.05) is 6.92 Å². The maximum absolute atomic E-state index is 13.5. The molecule has 1 aliphatic heterocycles. The zero-order chi connectivity index (χ0) is 32.2. The van der Waals surface area contributed by atoms with Crippen LogP contribution < -0.4 is 20.1 Å². The number of sulfonamides is 1. The van der Waals surface area contributed by atoms with Gasteiger partial charge in [-0.3, -0.25) is 4.79 Å². The molecule has 0 saturated heterocycles. The summed E-state index contributed by atoms with van der Waals surface area (Å²) in [5.74, 6) is 0.670.